The van der Waals surface area contributed by atoms with E-state index in [0.717, 1.165) is 0 Å². The molecule has 0 bridgehead atoms. The van der Waals surface area contributed by atoms with Gasteiger partial charge in [-0.15, -0.1) is 0 Å². The van der Waals surface area contributed by atoms with E-state index >= 15 is 0 Å². The molecule has 0 amide bonds. The normalized spacial score (nSPS) is 4.77. The van der Waals surface area contributed by atoms with Crippen molar-refractivity contribution < 1.29 is 294 Å². The van der Waals surface area contributed by atoms with Crippen LogP contribution in [0.3, 0.4) is 0 Å². The third-order valence-electron chi connectivity index (χ3n) is 4.56. The van der Waals surface area contributed by atoms with Crippen LogP contribution in [0.25, 0.3) is 0 Å². The number of hydrogen-bond donors (Lipinski definition) is 0. The quantitative estimate of drug-likeness (QED) is 0.119. The molecule has 0 heterocycles. The minimum Gasteiger partial charge on any atom is -0.394 e. The van der Waals surface area contributed by atoms with Crippen molar-refractivity contribution in [3.05, 3.63) is 345 Å². The Hall–Kier alpha value is 2.66. The molecule has 9 radical (unpaired) electrons. The van der Waals surface area contributed by atoms with E-state index in [4.69, 9.17) is 65.8 Å². The standard InChI is InChI=1S/6C6H6.5C4H4.22C2H6.9Y/c6*1-2-4-6-5-3-1;5*1-3-4-2;22*1-2;;;;;;;;;/h6*1-6H;5*1-4H;22*1-2H3;;;;;;;;;/q;;;;;;5*-2;;;;;;;;;;;;;;;;;;;;;;;;;;;;;;;. The molecule has 0 aliphatic carbocycles. The van der Waals surface area contributed by atoms with E-state index in [9.17, 15) is 0 Å². The van der Waals surface area contributed by atoms with Crippen LogP contribution >= 0.6 is 0 Å². The van der Waals surface area contributed by atoms with Crippen LogP contribution in [-0.2, 0) is 294 Å². The van der Waals surface area contributed by atoms with E-state index < -0.39 is 0 Å². The SMILES string of the molecule is CC.CC.CC.CC.CC.CC.CC.CC.CC.CC.CC.CC.CC.CC.CC.CC.CC.CC.CC.CC.CC.CC.[CH-]=CC=[CH-].[CH-]=CC=[CH-].[CH-]=CC=[CH-].[CH-]=CC=[CH-].[CH-]=CC=[CH-].[Y].[Y].[Y].[Y].[Y].[Y].[Y].[Y].[Y].c1ccccc1.c1ccccc1.c1ccccc1.c1ccccc1.c1ccccc1.c1ccccc1. The zero-order chi connectivity index (χ0) is 86.5. The van der Waals surface area contributed by atoms with Gasteiger partial charge >= 0.3 is 0 Å². The van der Waals surface area contributed by atoms with Crippen molar-refractivity contribution in [3.63, 3.8) is 0 Å². The number of allylic oxidation sites excluding steroid dienone is 10. The fraction of sp³-hybridized carbons (Fsp3) is 0.440. The molecule has 0 spiro atoms. The van der Waals surface area contributed by atoms with Crippen LogP contribution in [0.15, 0.2) is 279 Å². The van der Waals surface area contributed by atoms with Gasteiger partial charge in [0.05, 0.1) is 0 Å². The minimum absolute atomic E-state index is 0. The van der Waals surface area contributed by atoms with Gasteiger partial charge in [-0.1, -0.05) is 523 Å². The first kappa shape index (κ1) is 239. The van der Waals surface area contributed by atoms with E-state index in [-0.39, 0.29) is 294 Å². The zero-order valence-electron chi connectivity index (χ0n) is 81.5. The molecule has 0 N–H and O–H groups in total. The summed E-state index contributed by atoms with van der Waals surface area (Å²) in [5.74, 6) is 0. The van der Waals surface area contributed by atoms with E-state index in [1.54, 1.807) is 0 Å². The predicted molar refractivity (Wildman–Crippen MR) is 497 cm³/mol. The molecule has 0 saturated carbocycles. The summed E-state index contributed by atoms with van der Waals surface area (Å²) in [7, 11) is 0. The van der Waals surface area contributed by atoms with Crippen molar-refractivity contribution in [2.75, 3.05) is 0 Å². The fourth-order valence-corrected chi connectivity index (χ4v) is 2.31. The molecular weight excluding hydrogens is 2000 g/mol. The molecule has 0 atom stereocenters. The van der Waals surface area contributed by atoms with E-state index in [0.29, 0.717) is 0 Å². The summed E-state index contributed by atoms with van der Waals surface area (Å²) in [6, 6.07) is 72.0. The molecule has 0 nitrogen and oxygen atoms in total. The third kappa shape index (κ3) is 685. The van der Waals surface area contributed by atoms with Gasteiger partial charge in [-0.3, -0.25) is 0 Å². The molecule has 9 heteroatoms. The van der Waals surface area contributed by atoms with Gasteiger partial charge < -0.3 is 127 Å². The Bertz CT molecular complexity index is 1090. The third-order valence-corrected chi connectivity index (χ3v) is 4.56. The largest absolute Gasteiger partial charge is 0.394 e. The molecule has 0 aliphatic rings. The van der Waals surface area contributed by atoms with Crippen LogP contribution in [0.5, 0.6) is 0 Å². The minimum atomic E-state index is 0. The Morgan fingerprint density at radius 3 is 0.110 bits per heavy atom. The van der Waals surface area contributed by atoms with Crippen molar-refractivity contribution in [1.82, 2.24) is 0 Å². The van der Waals surface area contributed by atoms with Crippen LogP contribution in [0.4, 0.5) is 0 Å². The molecule has 109 heavy (non-hydrogen) atoms. The average Bonchev–Trinajstić information content (AvgIpc) is 2.00. The molecule has 0 aliphatic heterocycles. The van der Waals surface area contributed by atoms with Gasteiger partial charge in [0.1, 0.15) is 0 Å². The Balaban J connectivity index is -0.0000000150. The first-order valence-electron chi connectivity index (χ1n) is 39.0. The van der Waals surface area contributed by atoms with Gasteiger partial charge in [0.2, 0.25) is 0 Å². The Labute approximate surface area is 928 Å². The summed E-state index contributed by atoms with van der Waals surface area (Å²) in [6.45, 7) is 135. The Kier molecular flexibility index (Phi) is 1230. The van der Waals surface area contributed by atoms with Gasteiger partial charge in [-0.2, -0.15) is 0 Å². The van der Waals surface area contributed by atoms with Crippen molar-refractivity contribution in [2.24, 2.45) is 0 Å². The van der Waals surface area contributed by atoms with Crippen molar-refractivity contribution >= 4 is 0 Å². The maximum absolute atomic E-state index is 4.72. The maximum Gasteiger partial charge on any atom is 0 e. The Morgan fingerprint density at radius 1 is 0.0826 bits per heavy atom. The first-order chi connectivity index (χ1) is 49.6. The second-order valence-electron chi connectivity index (χ2n) is 8.85. The summed E-state index contributed by atoms with van der Waals surface area (Å²) < 4.78 is 0. The molecule has 625 valence electrons. The van der Waals surface area contributed by atoms with Gasteiger partial charge in [0.15, 0.2) is 0 Å². The van der Waals surface area contributed by atoms with E-state index in [1.807, 2.05) is 523 Å². The monoisotopic (exact) mass is 2190 g/mol. The van der Waals surface area contributed by atoms with Crippen LogP contribution in [0, 0.1) is 65.8 Å². The van der Waals surface area contributed by atoms with Crippen LogP contribution in [0.1, 0.15) is 305 Å². The van der Waals surface area contributed by atoms with Crippen LogP contribution < -0.4 is 0 Å². The maximum atomic E-state index is 4.72. The molecular formula is C100H188Y9-10. The number of benzene rings is 6. The summed E-state index contributed by atoms with van der Waals surface area (Å²) in [6.07, 6.45) is 12.8. The second-order valence-corrected chi connectivity index (χ2v) is 8.85. The molecule has 0 unspecified atom stereocenters. The van der Waals surface area contributed by atoms with Crippen molar-refractivity contribution in [1.29, 1.82) is 0 Å². The van der Waals surface area contributed by atoms with Crippen LogP contribution in [0.2, 0.25) is 0 Å². The van der Waals surface area contributed by atoms with Gasteiger partial charge in [-0.25, -0.2) is 0 Å². The average molecular weight is 2190 g/mol. The van der Waals surface area contributed by atoms with Crippen molar-refractivity contribution in [3.8, 4) is 0 Å². The van der Waals surface area contributed by atoms with E-state index in [1.165, 1.54) is 60.8 Å². The zero-order valence-corrected chi connectivity index (χ0v) is 107. The summed E-state index contributed by atoms with van der Waals surface area (Å²) >= 11 is 0. The van der Waals surface area contributed by atoms with E-state index in [2.05, 4.69) is 0 Å². The molecule has 0 fully saturated rings. The second kappa shape index (κ2) is 562. The fourth-order valence-electron chi connectivity index (χ4n) is 2.31. The van der Waals surface area contributed by atoms with Crippen molar-refractivity contribution in [2.45, 2.75) is 305 Å². The van der Waals surface area contributed by atoms with Gasteiger partial charge in [0, 0.05) is 294 Å². The number of rotatable bonds is 5. The molecule has 0 saturated heterocycles. The first-order valence-corrected chi connectivity index (χ1v) is 39.0. The van der Waals surface area contributed by atoms with Crippen LogP contribution in [-0.4, -0.2) is 0 Å². The summed E-state index contributed by atoms with van der Waals surface area (Å²) in [4.78, 5) is 0. The van der Waals surface area contributed by atoms with Gasteiger partial charge in [-0.05, 0) is 0 Å². The molecule has 0 aromatic heterocycles. The van der Waals surface area contributed by atoms with Gasteiger partial charge in [0.25, 0.3) is 0 Å². The summed E-state index contributed by atoms with van der Waals surface area (Å²) in [5.41, 5.74) is 0. The smallest absolute Gasteiger partial charge is 0 e. The molecule has 6 rings (SSSR count). The topological polar surface area (TPSA) is 0 Å². The predicted octanol–water partition coefficient (Wildman–Crippen LogP) is 37.5. The summed E-state index contributed by atoms with van der Waals surface area (Å²) in [5, 5.41) is 0. The number of hydrogen-bond acceptors (Lipinski definition) is 0. The Morgan fingerprint density at radius 2 is 0.101 bits per heavy atom. The molecule has 6 aromatic rings. The molecule has 6 aromatic carbocycles.